The van der Waals surface area contributed by atoms with E-state index in [0.717, 1.165) is 50.5 Å². The molecule has 2 fully saturated rings. The number of nitrogens with zero attached hydrogens (tertiary/aromatic N) is 4. The van der Waals surface area contributed by atoms with Crippen LogP contribution in [0.1, 0.15) is 21.7 Å². The molecular weight excluding hydrogens is 360 g/mol. The van der Waals surface area contributed by atoms with E-state index in [2.05, 4.69) is 32.3 Å². The Morgan fingerprint density at radius 2 is 2.00 bits per heavy atom. The molecule has 2 saturated heterocycles. The van der Waals surface area contributed by atoms with Gasteiger partial charge in [-0.3, -0.25) is 9.69 Å². The summed E-state index contributed by atoms with van der Waals surface area (Å²) in [4.78, 5) is 25.4. The lowest BCUT2D eigenvalue weighted by atomic mass is 10.2. The van der Waals surface area contributed by atoms with Crippen LogP contribution in [-0.2, 0) is 11.3 Å². The lowest BCUT2D eigenvalue weighted by Gasteiger charge is -2.27. The van der Waals surface area contributed by atoms with E-state index in [1.807, 2.05) is 28.4 Å². The summed E-state index contributed by atoms with van der Waals surface area (Å²) in [5, 5.41) is 2.14. The number of morpholine rings is 1. The molecule has 0 N–H and O–H groups in total. The van der Waals surface area contributed by atoms with Gasteiger partial charge in [0, 0.05) is 62.5 Å². The summed E-state index contributed by atoms with van der Waals surface area (Å²) in [5.74, 6) is 0.989. The van der Waals surface area contributed by atoms with Crippen LogP contribution in [-0.4, -0.2) is 73.2 Å². The molecule has 27 heavy (non-hydrogen) atoms. The van der Waals surface area contributed by atoms with E-state index in [-0.39, 0.29) is 5.91 Å². The van der Waals surface area contributed by atoms with Crippen molar-refractivity contribution in [3.63, 3.8) is 0 Å². The standard InChI is InChI=1S/C20H26N4O2S/c25-20(24-10-12-26-13-11-24)17-4-5-21-19(15-17)23-7-2-6-22(8-9-23)16-18-3-1-14-27-18/h1,3-5,14-15H,2,6-13,16H2. The molecule has 0 bridgehead atoms. The predicted molar refractivity (Wildman–Crippen MR) is 107 cm³/mol. The molecule has 144 valence electrons. The molecule has 0 saturated carbocycles. The molecule has 2 aliphatic rings. The van der Waals surface area contributed by atoms with Crippen LogP contribution in [0.25, 0.3) is 0 Å². The van der Waals surface area contributed by atoms with Gasteiger partial charge in [0.25, 0.3) is 5.91 Å². The second-order valence-electron chi connectivity index (χ2n) is 7.00. The Kier molecular flexibility index (Phi) is 6.01. The van der Waals surface area contributed by atoms with Crippen molar-refractivity contribution in [2.24, 2.45) is 0 Å². The number of carbonyl (C=O) groups excluding carboxylic acids is 1. The predicted octanol–water partition coefficient (Wildman–Crippen LogP) is 2.33. The molecular formula is C20H26N4O2S. The molecule has 0 unspecified atom stereocenters. The first-order valence-corrected chi connectivity index (χ1v) is 10.5. The molecule has 4 rings (SSSR count). The van der Waals surface area contributed by atoms with Gasteiger partial charge in [0.15, 0.2) is 0 Å². The normalized spacial score (nSPS) is 19.1. The fraction of sp³-hybridized carbons (Fsp3) is 0.500. The number of rotatable bonds is 4. The third-order valence-electron chi connectivity index (χ3n) is 5.16. The molecule has 2 aliphatic heterocycles. The topological polar surface area (TPSA) is 48.9 Å². The van der Waals surface area contributed by atoms with Crippen molar-refractivity contribution >= 4 is 23.1 Å². The molecule has 6 nitrogen and oxygen atoms in total. The Labute approximate surface area is 164 Å². The summed E-state index contributed by atoms with van der Waals surface area (Å²) in [6, 6.07) is 8.09. The highest BCUT2D eigenvalue weighted by Gasteiger charge is 2.21. The van der Waals surface area contributed by atoms with Crippen LogP contribution in [0.4, 0.5) is 5.82 Å². The van der Waals surface area contributed by atoms with Crippen molar-refractivity contribution in [3.05, 3.63) is 46.3 Å². The zero-order valence-electron chi connectivity index (χ0n) is 15.5. The summed E-state index contributed by atoms with van der Waals surface area (Å²) >= 11 is 1.82. The molecule has 0 atom stereocenters. The van der Waals surface area contributed by atoms with Gasteiger partial charge in [-0.15, -0.1) is 11.3 Å². The van der Waals surface area contributed by atoms with Crippen molar-refractivity contribution in [1.82, 2.24) is 14.8 Å². The SMILES string of the molecule is O=C(c1ccnc(N2CCCN(Cc3cccs3)CC2)c1)N1CCOCC1. The number of amides is 1. The van der Waals surface area contributed by atoms with Gasteiger partial charge in [0.2, 0.25) is 0 Å². The Morgan fingerprint density at radius 3 is 2.81 bits per heavy atom. The summed E-state index contributed by atoms with van der Waals surface area (Å²) in [5.41, 5.74) is 0.724. The van der Waals surface area contributed by atoms with Crippen LogP contribution in [0.3, 0.4) is 0 Å². The van der Waals surface area contributed by atoms with Crippen LogP contribution < -0.4 is 4.90 Å². The molecule has 7 heteroatoms. The molecule has 1 amide bonds. The minimum absolute atomic E-state index is 0.0797. The fourth-order valence-electron chi connectivity index (χ4n) is 3.65. The first-order valence-electron chi connectivity index (χ1n) is 9.62. The van der Waals surface area contributed by atoms with Gasteiger partial charge >= 0.3 is 0 Å². The first-order chi connectivity index (χ1) is 13.3. The molecule has 0 spiro atoms. The monoisotopic (exact) mass is 386 g/mol. The lowest BCUT2D eigenvalue weighted by Crippen LogP contribution is -2.40. The second-order valence-corrected chi connectivity index (χ2v) is 8.04. The molecule has 4 heterocycles. The third-order valence-corrected chi connectivity index (χ3v) is 6.02. The van der Waals surface area contributed by atoms with Gasteiger partial charge in [-0.2, -0.15) is 0 Å². The van der Waals surface area contributed by atoms with Crippen molar-refractivity contribution in [1.29, 1.82) is 0 Å². The molecule has 2 aromatic heterocycles. The molecule has 0 aliphatic carbocycles. The van der Waals surface area contributed by atoms with Gasteiger partial charge in [-0.25, -0.2) is 4.98 Å². The minimum Gasteiger partial charge on any atom is -0.378 e. The van der Waals surface area contributed by atoms with Crippen molar-refractivity contribution in [2.75, 3.05) is 57.4 Å². The van der Waals surface area contributed by atoms with Gasteiger partial charge in [0.1, 0.15) is 5.82 Å². The molecule has 0 radical (unpaired) electrons. The Morgan fingerprint density at radius 1 is 1.11 bits per heavy atom. The minimum atomic E-state index is 0.0797. The summed E-state index contributed by atoms with van der Waals surface area (Å²) in [6.45, 7) is 7.62. The fourth-order valence-corrected chi connectivity index (χ4v) is 4.40. The van der Waals surface area contributed by atoms with Crippen LogP contribution >= 0.6 is 11.3 Å². The van der Waals surface area contributed by atoms with Crippen molar-refractivity contribution in [3.8, 4) is 0 Å². The Bertz CT molecular complexity index is 746. The van der Waals surface area contributed by atoms with Crippen molar-refractivity contribution < 1.29 is 9.53 Å². The number of hydrogen-bond donors (Lipinski definition) is 0. The van der Waals surface area contributed by atoms with E-state index in [9.17, 15) is 4.79 Å². The van der Waals surface area contributed by atoms with E-state index in [1.165, 1.54) is 4.88 Å². The maximum absolute atomic E-state index is 12.7. The maximum atomic E-state index is 12.7. The first kappa shape index (κ1) is 18.4. The number of hydrogen-bond acceptors (Lipinski definition) is 6. The van der Waals surface area contributed by atoms with Crippen LogP contribution in [0, 0.1) is 0 Å². The van der Waals surface area contributed by atoms with E-state index in [0.29, 0.717) is 26.3 Å². The average molecular weight is 387 g/mol. The van der Waals surface area contributed by atoms with Crippen LogP contribution in [0.15, 0.2) is 35.8 Å². The van der Waals surface area contributed by atoms with E-state index < -0.39 is 0 Å². The largest absolute Gasteiger partial charge is 0.378 e. The zero-order chi connectivity index (χ0) is 18.5. The third kappa shape index (κ3) is 4.66. The number of anilines is 1. The second kappa shape index (κ2) is 8.82. The van der Waals surface area contributed by atoms with Crippen LogP contribution in [0.5, 0.6) is 0 Å². The van der Waals surface area contributed by atoms with Gasteiger partial charge < -0.3 is 14.5 Å². The van der Waals surface area contributed by atoms with E-state index >= 15 is 0 Å². The average Bonchev–Trinajstić information content (AvgIpc) is 3.12. The summed E-state index contributed by atoms with van der Waals surface area (Å²) in [7, 11) is 0. The molecule has 0 aromatic carbocycles. The number of pyridine rings is 1. The Balaban J connectivity index is 1.40. The van der Waals surface area contributed by atoms with Crippen molar-refractivity contribution in [2.45, 2.75) is 13.0 Å². The number of aromatic nitrogens is 1. The highest BCUT2D eigenvalue weighted by molar-refractivity contribution is 7.09. The summed E-state index contributed by atoms with van der Waals surface area (Å²) < 4.78 is 5.35. The van der Waals surface area contributed by atoms with Gasteiger partial charge in [-0.05, 0) is 30.0 Å². The zero-order valence-corrected chi connectivity index (χ0v) is 16.4. The maximum Gasteiger partial charge on any atom is 0.254 e. The number of thiophene rings is 1. The highest BCUT2D eigenvalue weighted by Crippen LogP contribution is 2.19. The molecule has 2 aromatic rings. The number of ether oxygens (including phenoxy) is 1. The lowest BCUT2D eigenvalue weighted by molar-refractivity contribution is 0.0303. The quantitative estimate of drug-likeness (QED) is 0.807. The highest BCUT2D eigenvalue weighted by atomic mass is 32.1. The van der Waals surface area contributed by atoms with E-state index in [4.69, 9.17) is 4.74 Å². The van der Waals surface area contributed by atoms with Gasteiger partial charge in [0.05, 0.1) is 13.2 Å². The van der Waals surface area contributed by atoms with E-state index in [1.54, 1.807) is 6.20 Å². The number of carbonyl (C=O) groups is 1. The smallest absolute Gasteiger partial charge is 0.254 e. The van der Waals surface area contributed by atoms with Gasteiger partial charge in [-0.1, -0.05) is 6.07 Å². The Hall–Kier alpha value is -1.96. The summed E-state index contributed by atoms with van der Waals surface area (Å²) in [6.07, 6.45) is 2.87. The van der Waals surface area contributed by atoms with Crippen LogP contribution in [0.2, 0.25) is 0 Å².